The predicted octanol–water partition coefficient (Wildman–Crippen LogP) is 3.79. The topological polar surface area (TPSA) is 84.9 Å². The zero-order valence-electron chi connectivity index (χ0n) is 15.7. The van der Waals surface area contributed by atoms with Gasteiger partial charge in [0.1, 0.15) is 11.3 Å². The van der Waals surface area contributed by atoms with Crippen LogP contribution in [0.15, 0.2) is 46.9 Å². The van der Waals surface area contributed by atoms with Gasteiger partial charge in [-0.3, -0.25) is 14.5 Å². The fourth-order valence-corrected chi connectivity index (χ4v) is 3.67. The molecule has 152 valence electrons. The summed E-state index contributed by atoms with van der Waals surface area (Å²) in [7, 11) is 0. The number of hydrogen-bond donors (Lipinski definition) is 1. The summed E-state index contributed by atoms with van der Waals surface area (Å²) in [4.78, 5) is 38.6. The van der Waals surface area contributed by atoms with Crippen molar-refractivity contribution in [2.24, 2.45) is 0 Å². The molecule has 29 heavy (non-hydrogen) atoms. The summed E-state index contributed by atoms with van der Waals surface area (Å²) in [6, 6.07) is 11.8. The van der Waals surface area contributed by atoms with Crippen LogP contribution in [0.4, 0.5) is 11.4 Å². The molecule has 0 fully saturated rings. The van der Waals surface area contributed by atoms with E-state index in [1.165, 1.54) is 4.90 Å². The summed E-state index contributed by atoms with van der Waals surface area (Å²) in [6.07, 6.45) is 0. The highest BCUT2D eigenvalue weighted by atomic mass is 79.9. The van der Waals surface area contributed by atoms with Crippen molar-refractivity contribution in [2.75, 3.05) is 23.4 Å². The number of esters is 1. The molecule has 0 unspecified atom stereocenters. The number of anilines is 2. The Labute approximate surface area is 181 Å². The van der Waals surface area contributed by atoms with Crippen molar-refractivity contribution in [3.8, 4) is 5.75 Å². The first-order chi connectivity index (χ1) is 13.7. The van der Waals surface area contributed by atoms with Gasteiger partial charge in [0, 0.05) is 5.02 Å². The minimum Gasteiger partial charge on any atom is -0.481 e. The summed E-state index contributed by atoms with van der Waals surface area (Å²) in [5.74, 6) is -1.14. The summed E-state index contributed by atoms with van der Waals surface area (Å²) >= 11 is 9.14. The minimum absolute atomic E-state index is 0.327. The average Bonchev–Trinajstić information content (AvgIpc) is 2.66. The van der Waals surface area contributed by atoms with Crippen molar-refractivity contribution < 1.29 is 23.9 Å². The van der Waals surface area contributed by atoms with Gasteiger partial charge in [0.15, 0.2) is 13.2 Å². The van der Waals surface area contributed by atoms with Crippen LogP contribution >= 0.6 is 27.5 Å². The van der Waals surface area contributed by atoms with Gasteiger partial charge in [-0.05, 0) is 60.1 Å². The van der Waals surface area contributed by atoms with Crippen LogP contribution < -0.4 is 15.0 Å². The third-order valence-corrected chi connectivity index (χ3v) is 5.21. The van der Waals surface area contributed by atoms with Gasteiger partial charge in [0.25, 0.3) is 5.91 Å². The van der Waals surface area contributed by atoms with E-state index in [1.54, 1.807) is 56.3 Å². The molecule has 3 rings (SSSR count). The summed E-state index contributed by atoms with van der Waals surface area (Å²) in [5.41, 5.74) is -0.0744. The molecule has 0 saturated carbocycles. The quantitative estimate of drug-likeness (QED) is 0.657. The number of carbonyl (C=O) groups excluding carboxylic acids is 3. The number of amides is 2. The molecule has 7 nitrogen and oxygen atoms in total. The Hall–Kier alpha value is -2.58. The van der Waals surface area contributed by atoms with Crippen molar-refractivity contribution in [3.05, 3.63) is 52.0 Å². The molecule has 2 aromatic rings. The van der Waals surface area contributed by atoms with E-state index >= 15 is 0 Å². The monoisotopic (exact) mass is 480 g/mol. The zero-order chi connectivity index (χ0) is 21.2. The normalized spacial score (nSPS) is 14.6. The molecule has 2 aromatic carbocycles. The Bertz CT molecular complexity index is 979. The molecular formula is C20H18BrClN2O5. The third kappa shape index (κ3) is 4.54. The van der Waals surface area contributed by atoms with E-state index in [0.29, 0.717) is 26.6 Å². The number of ether oxygens (including phenoxy) is 2. The predicted molar refractivity (Wildman–Crippen MR) is 112 cm³/mol. The Morgan fingerprint density at radius 2 is 1.90 bits per heavy atom. The number of benzene rings is 2. The van der Waals surface area contributed by atoms with Crippen molar-refractivity contribution in [3.63, 3.8) is 0 Å². The van der Waals surface area contributed by atoms with Gasteiger partial charge in [-0.1, -0.05) is 23.7 Å². The first-order valence-electron chi connectivity index (χ1n) is 8.67. The highest BCUT2D eigenvalue weighted by molar-refractivity contribution is 9.10. The molecule has 9 heteroatoms. The largest absolute Gasteiger partial charge is 0.481 e. The zero-order valence-corrected chi connectivity index (χ0v) is 18.0. The smallest absolute Gasteiger partial charge is 0.344 e. The molecule has 0 saturated heterocycles. The number of nitrogens with one attached hydrogen (secondary N) is 1. The molecular weight excluding hydrogens is 464 g/mol. The lowest BCUT2D eigenvalue weighted by Crippen LogP contribution is -2.59. The van der Waals surface area contributed by atoms with Gasteiger partial charge in [0.05, 0.1) is 15.8 Å². The van der Waals surface area contributed by atoms with Gasteiger partial charge in [-0.25, -0.2) is 4.79 Å². The van der Waals surface area contributed by atoms with Gasteiger partial charge < -0.3 is 14.8 Å². The van der Waals surface area contributed by atoms with E-state index in [0.717, 1.165) is 0 Å². The first-order valence-corrected chi connectivity index (χ1v) is 9.84. The molecule has 1 aliphatic rings. The number of halogens is 2. The van der Waals surface area contributed by atoms with Gasteiger partial charge in [0.2, 0.25) is 5.91 Å². The summed E-state index contributed by atoms with van der Waals surface area (Å²) < 4.78 is 11.0. The van der Waals surface area contributed by atoms with Gasteiger partial charge >= 0.3 is 5.97 Å². The molecule has 0 bridgehead atoms. The van der Waals surface area contributed by atoms with Crippen LogP contribution in [0.5, 0.6) is 5.75 Å². The molecule has 0 aliphatic carbocycles. The van der Waals surface area contributed by atoms with E-state index in [9.17, 15) is 14.4 Å². The van der Waals surface area contributed by atoms with Crippen LogP contribution in [0.25, 0.3) is 0 Å². The number of fused-ring (bicyclic) bond motifs is 1. The van der Waals surface area contributed by atoms with Crippen LogP contribution in [0.1, 0.15) is 13.8 Å². The number of carbonyl (C=O) groups is 3. The Morgan fingerprint density at radius 1 is 1.17 bits per heavy atom. The molecule has 1 aliphatic heterocycles. The average molecular weight is 482 g/mol. The highest BCUT2D eigenvalue weighted by Gasteiger charge is 2.43. The standard InChI is InChI=1S/C20H18BrClN2O5/c1-20(2)19(27)23-14-5-3-4-6-15(14)24(20)17(25)10-29-18(26)11-28-16-8-7-12(22)9-13(16)21/h3-9H,10-11H2,1-2H3,(H,23,27). The third-order valence-electron chi connectivity index (χ3n) is 4.35. The fraction of sp³-hybridized carbons (Fsp3) is 0.250. The molecule has 0 aromatic heterocycles. The van der Waals surface area contributed by atoms with Crippen molar-refractivity contribution >= 4 is 56.7 Å². The maximum Gasteiger partial charge on any atom is 0.344 e. The van der Waals surface area contributed by atoms with Crippen LogP contribution in [0, 0.1) is 0 Å². The van der Waals surface area contributed by atoms with E-state index < -0.39 is 24.0 Å². The van der Waals surface area contributed by atoms with Crippen molar-refractivity contribution in [1.29, 1.82) is 0 Å². The second-order valence-corrected chi connectivity index (χ2v) is 8.07. The number of rotatable bonds is 5. The van der Waals surface area contributed by atoms with E-state index in [-0.39, 0.29) is 12.5 Å². The van der Waals surface area contributed by atoms with Crippen molar-refractivity contribution in [1.82, 2.24) is 0 Å². The minimum atomic E-state index is -1.14. The SMILES string of the molecule is CC1(C)C(=O)Nc2ccccc2N1C(=O)COC(=O)COc1ccc(Cl)cc1Br. The van der Waals surface area contributed by atoms with Crippen LogP contribution in [-0.2, 0) is 19.1 Å². The lowest BCUT2D eigenvalue weighted by molar-refractivity contribution is -0.150. The fourth-order valence-electron chi connectivity index (χ4n) is 2.88. The van der Waals surface area contributed by atoms with E-state index in [2.05, 4.69) is 21.2 Å². The lowest BCUT2D eigenvalue weighted by Gasteiger charge is -2.41. The number of para-hydroxylation sites is 2. The van der Waals surface area contributed by atoms with Crippen LogP contribution in [0.2, 0.25) is 5.02 Å². The summed E-state index contributed by atoms with van der Waals surface area (Å²) in [6.45, 7) is 2.35. The summed E-state index contributed by atoms with van der Waals surface area (Å²) in [5, 5.41) is 3.29. The Balaban J connectivity index is 1.64. The second-order valence-electron chi connectivity index (χ2n) is 6.78. The Kier molecular flexibility index (Phi) is 6.14. The molecule has 0 radical (unpaired) electrons. The van der Waals surface area contributed by atoms with Crippen LogP contribution in [0.3, 0.4) is 0 Å². The van der Waals surface area contributed by atoms with E-state index in [4.69, 9.17) is 21.1 Å². The van der Waals surface area contributed by atoms with Gasteiger partial charge in [-0.2, -0.15) is 0 Å². The van der Waals surface area contributed by atoms with Crippen molar-refractivity contribution in [2.45, 2.75) is 19.4 Å². The number of nitrogens with zero attached hydrogens (tertiary/aromatic N) is 1. The maximum absolute atomic E-state index is 12.8. The molecule has 1 heterocycles. The highest BCUT2D eigenvalue weighted by Crippen LogP contribution is 2.36. The second kappa shape index (κ2) is 8.42. The van der Waals surface area contributed by atoms with Gasteiger partial charge in [-0.15, -0.1) is 0 Å². The molecule has 2 amide bonds. The lowest BCUT2D eigenvalue weighted by atomic mass is 9.96. The molecule has 0 spiro atoms. The van der Waals surface area contributed by atoms with Crippen LogP contribution in [-0.4, -0.2) is 36.5 Å². The molecule has 1 N–H and O–H groups in total. The van der Waals surface area contributed by atoms with E-state index in [1.807, 2.05) is 0 Å². The molecule has 0 atom stereocenters. The maximum atomic E-state index is 12.8. The number of hydrogen-bond acceptors (Lipinski definition) is 5. The first kappa shape index (κ1) is 21.1. The Morgan fingerprint density at radius 3 is 2.62 bits per heavy atom.